The first-order valence-electron chi connectivity index (χ1n) is 6.40. The third-order valence-corrected chi connectivity index (χ3v) is 4.25. The molecule has 1 aliphatic carbocycles. The minimum absolute atomic E-state index is 0.505. The Morgan fingerprint density at radius 2 is 2.22 bits per heavy atom. The van der Waals surface area contributed by atoms with Gasteiger partial charge >= 0.3 is 0 Å². The molecule has 1 aliphatic rings. The van der Waals surface area contributed by atoms with Crippen molar-refractivity contribution in [3.63, 3.8) is 0 Å². The standard InChI is InChI=1S/C14H21N3S/c1-10(18-2)9-16-14(15)17-13-7-6-11-4-3-5-12(11)8-13/h6-8,10H,3-5,9H2,1-2H3,(H3,15,16,17). The number of anilines is 1. The highest BCUT2D eigenvalue weighted by atomic mass is 32.2. The minimum Gasteiger partial charge on any atom is -0.370 e. The van der Waals surface area contributed by atoms with Crippen molar-refractivity contribution in [2.75, 3.05) is 18.1 Å². The van der Waals surface area contributed by atoms with Crippen molar-refractivity contribution in [3.05, 3.63) is 29.3 Å². The molecule has 2 rings (SSSR count). The summed E-state index contributed by atoms with van der Waals surface area (Å²) in [5, 5.41) is 3.67. The number of fused-ring (bicyclic) bond motifs is 1. The van der Waals surface area contributed by atoms with E-state index in [-0.39, 0.29) is 0 Å². The van der Waals surface area contributed by atoms with Crippen molar-refractivity contribution >= 4 is 23.4 Å². The van der Waals surface area contributed by atoms with E-state index in [0.29, 0.717) is 11.2 Å². The molecule has 0 amide bonds. The van der Waals surface area contributed by atoms with Gasteiger partial charge in [-0.15, -0.1) is 0 Å². The van der Waals surface area contributed by atoms with Gasteiger partial charge in [0.1, 0.15) is 0 Å². The second-order valence-electron chi connectivity index (χ2n) is 4.73. The fourth-order valence-electron chi connectivity index (χ4n) is 2.14. The van der Waals surface area contributed by atoms with Crippen molar-refractivity contribution in [2.24, 2.45) is 10.7 Å². The van der Waals surface area contributed by atoms with Crippen molar-refractivity contribution in [2.45, 2.75) is 31.4 Å². The van der Waals surface area contributed by atoms with E-state index < -0.39 is 0 Å². The van der Waals surface area contributed by atoms with Crippen LogP contribution in [0.3, 0.4) is 0 Å². The third-order valence-electron chi connectivity index (χ3n) is 3.29. The number of aryl methyl sites for hydroxylation is 2. The monoisotopic (exact) mass is 263 g/mol. The van der Waals surface area contributed by atoms with Gasteiger partial charge < -0.3 is 11.1 Å². The molecule has 1 aromatic carbocycles. The lowest BCUT2D eigenvalue weighted by Crippen LogP contribution is -2.24. The van der Waals surface area contributed by atoms with Crippen LogP contribution in [0.5, 0.6) is 0 Å². The maximum absolute atomic E-state index is 5.88. The number of nitrogens with one attached hydrogen (secondary N) is 1. The number of aliphatic imine (C=N–C) groups is 1. The van der Waals surface area contributed by atoms with Crippen LogP contribution < -0.4 is 11.1 Å². The zero-order valence-electron chi connectivity index (χ0n) is 11.1. The fraction of sp³-hybridized carbons (Fsp3) is 0.500. The highest BCUT2D eigenvalue weighted by Gasteiger charge is 2.10. The molecule has 0 aliphatic heterocycles. The van der Waals surface area contributed by atoms with Gasteiger partial charge in [-0.3, -0.25) is 4.99 Å². The van der Waals surface area contributed by atoms with Crippen LogP contribution >= 0.6 is 11.8 Å². The Kier molecular flexibility index (Phi) is 4.53. The predicted molar refractivity (Wildman–Crippen MR) is 81.6 cm³/mol. The molecule has 3 N–H and O–H groups in total. The summed E-state index contributed by atoms with van der Waals surface area (Å²) < 4.78 is 0. The molecule has 98 valence electrons. The van der Waals surface area contributed by atoms with Gasteiger partial charge in [0.15, 0.2) is 5.96 Å². The molecule has 18 heavy (non-hydrogen) atoms. The fourth-order valence-corrected chi connectivity index (χ4v) is 2.36. The van der Waals surface area contributed by atoms with Crippen LogP contribution in [0.1, 0.15) is 24.5 Å². The number of guanidine groups is 1. The summed E-state index contributed by atoms with van der Waals surface area (Å²) >= 11 is 1.80. The molecule has 0 bridgehead atoms. The average Bonchev–Trinajstić information content (AvgIpc) is 2.83. The molecule has 0 spiro atoms. The van der Waals surface area contributed by atoms with E-state index in [1.165, 1.54) is 30.4 Å². The van der Waals surface area contributed by atoms with E-state index in [1.807, 2.05) is 0 Å². The number of benzene rings is 1. The molecule has 0 saturated heterocycles. The average molecular weight is 263 g/mol. The quantitative estimate of drug-likeness (QED) is 0.648. The molecule has 0 heterocycles. The zero-order valence-corrected chi connectivity index (χ0v) is 11.9. The third kappa shape index (κ3) is 3.42. The largest absolute Gasteiger partial charge is 0.370 e. The first-order valence-corrected chi connectivity index (χ1v) is 7.69. The number of nitrogens with two attached hydrogens (primary N) is 1. The van der Waals surface area contributed by atoms with E-state index in [1.54, 1.807) is 11.8 Å². The van der Waals surface area contributed by atoms with Gasteiger partial charge in [0, 0.05) is 10.9 Å². The molecular formula is C14H21N3S. The molecule has 4 heteroatoms. The maximum atomic E-state index is 5.88. The van der Waals surface area contributed by atoms with Gasteiger partial charge in [-0.2, -0.15) is 11.8 Å². The Balaban J connectivity index is 1.96. The van der Waals surface area contributed by atoms with E-state index >= 15 is 0 Å². The summed E-state index contributed by atoms with van der Waals surface area (Å²) in [4.78, 5) is 4.35. The van der Waals surface area contributed by atoms with Crippen molar-refractivity contribution < 1.29 is 0 Å². The normalized spacial score (nSPS) is 16.4. The molecule has 0 fully saturated rings. The number of rotatable bonds is 4. The van der Waals surface area contributed by atoms with Crippen LogP contribution in [0, 0.1) is 0 Å². The van der Waals surface area contributed by atoms with E-state index in [2.05, 4.69) is 41.7 Å². The van der Waals surface area contributed by atoms with Gasteiger partial charge in [0.25, 0.3) is 0 Å². The molecule has 1 aromatic rings. The molecule has 0 aromatic heterocycles. The van der Waals surface area contributed by atoms with Crippen LogP contribution in [0.15, 0.2) is 23.2 Å². The molecule has 3 nitrogen and oxygen atoms in total. The Morgan fingerprint density at radius 3 is 3.00 bits per heavy atom. The Hall–Kier alpha value is -1.16. The molecule has 0 radical (unpaired) electrons. The van der Waals surface area contributed by atoms with Gasteiger partial charge in [0.05, 0.1) is 6.54 Å². The summed E-state index contributed by atoms with van der Waals surface area (Å²) in [6.45, 7) is 2.90. The zero-order chi connectivity index (χ0) is 13.0. The maximum Gasteiger partial charge on any atom is 0.193 e. The molecule has 1 atom stereocenters. The predicted octanol–water partition coefficient (Wildman–Crippen LogP) is 2.65. The van der Waals surface area contributed by atoms with Gasteiger partial charge in [-0.25, -0.2) is 0 Å². The van der Waals surface area contributed by atoms with Crippen molar-refractivity contribution in [1.29, 1.82) is 0 Å². The highest BCUT2D eigenvalue weighted by Crippen LogP contribution is 2.24. The first kappa shape index (κ1) is 13.3. The first-order chi connectivity index (χ1) is 8.69. The Bertz CT molecular complexity index is 443. The highest BCUT2D eigenvalue weighted by molar-refractivity contribution is 7.99. The summed E-state index contributed by atoms with van der Waals surface area (Å²) in [5.41, 5.74) is 9.86. The van der Waals surface area contributed by atoms with Crippen LogP contribution in [-0.4, -0.2) is 24.0 Å². The lowest BCUT2D eigenvalue weighted by molar-refractivity contribution is 0.912. The number of hydrogen-bond donors (Lipinski definition) is 2. The van der Waals surface area contributed by atoms with Crippen LogP contribution in [0.4, 0.5) is 5.69 Å². The Labute approximate surface area is 113 Å². The lowest BCUT2D eigenvalue weighted by atomic mass is 10.1. The molecule has 1 unspecified atom stereocenters. The second-order valence-corrected chi connectivity index (χ2v) is 6.01. The van der Waals surface area contributed by atoms with Gasteiger partial charge in [-0.05, 0) is 48.8 Å². The van der Waals surface area contributed by atoms with E-state index in [4.69, 9.17) is 5.73 Å². The topological polar surface area (TPSA) is 50.4 Å². The molecule has 0 saturated carbocycles. The summed E-state index contributed by atoms with van der Waals surface area (Å²) in [5.74, 6) is 0.508. The van der Waals surface area contributed by atoms with Crippen molar-refractivity contribution in [1.82, 2.24) is 0 Å². The van der Waals surface area contributed by atoms with Crippen LogP contribution in [0.25, 0.3) is 0 Å². The minimum atomic E-state index is 0.505. The SMILES string of the molecule is CSC(C)CN=C(N)Nc1ccc2c(c1)CCC2. The van der Waals surface area contributed by atoms with Gasteiger partial charge in [0.2, 0.25) is 0 Å². The number of hydrogen-bond acceptors (Lipinski definition) is 2. The van der Waals surface area contributed by atoms with Crippen LogP contribution in [0.2, 0.25) is 0 Å². The summed E-state index contributed by atoms with van der Waals surface area (Å²) in [7, 11) is 0. The number of nitrogens with zero attached hydrogens (tertiary/aromatic N) is 1. The smallest absolute Gasteiger partial charge is 0.193 e. The molecular weight excluding hydrogens is 242 g/mol. The lowest BCUT2D eigenvalue weighted by Gasteiger charge is -2.09. The van der Waals surface area contributed by atoms with E-state index in [9.17, 15) is 0 Å². The Morgan fingerprint density at radius 1 is 1.44 bits per heavy atom. The van der Waals surface area contributed by atoms with Crippen molar-refractivity contribution in [3.8, 4) is 0 Å². The van der Waals surface area contributed by atoms with Crippen LogP contribution in [-0.2, 0) is 12.8 Å². The summed E-state index contributed by atoms with van der Waals surface area (Å²) in [6.07, 6.45) is 5.76. The van der Waals surface area contributed by atoms with Gasteiger partial charge in [-0.1, -0.05) is 13.0 Å². The number of thioether (sulfide) groups is 1. The van der Waals surface area contributed by atoms with E-state index in [0.717, 1.165) is 12.2 Å². The summed E-state index contributed by atoms with van der Waals surface area (Å²) in [6, 6.07) is 6.48. The second kappa shape index (κ2) is 6.14.